The largest absolute Gasteiger partial charge is 0.390 e. The van der Waals surface area contributed by atoms with Gasteiger partial charge >= 0.3 is 0 Å². The molecular formula is C8H15FO. The van der Waals surface area contributed by atoms with E-state index in [-0.39, 0.29) is 5.92 Å². The summed E-state index contributed by atoms with van der Waals surface area (Å²) in [5.74, 6) is 0.603. The fourth-order valence-electron chi connectivity index (χ4n) is 1.52. The molecule has 1 aliphatic carbocycles. The second kappa shape index (κ2) is 2.87. The van der Waals surface area contributed by atoms with Crippen LogP contribution in [0.2, 0.25) is 0 Å². The molecule has 0 amide bonds. The van der Waals surface area contributed by atoms with Gasteiger partial charge in [0.25, 0.3) is 0 Å². The van der Waals surface area contributed by atoms with Gasteiger partial charge in [-0.05, 0) is 24.7 Å². The molecule has 0 aromatic heterocycles. The number of alkyl halides is 1. The lowest BCUT2D eigenvalue weighted by Gasteiger charge is -2.32. The van der Waals surface area contributed by atoms with Gasteiger partial charge in [-0.1, -0.05) is 13.8 Å². The van der Waals surface area contributed by atoms with E-state index in [1.54, 1.807) is 0 Å². The number of rotatable bonds is 0. The third kappa shape index (κ3) is 1.31. The van der Waals surface area contributed by atoms with Gasteiger partial charge in [0.1, 0.15) is 6.17 Å². The second-order valence-corrected chi connectivity index (χ2v) is 3.42. The Balaban J connectivity index is 2.52. The number of aliphatic hydroxyl groups is 1. The van der Waals surface area contributed by atoms with Crippen LogP contribution in [-0.4, -0.2) is 17.4 Å². The summed E-state index contributed by atoms with van der Waals surface area (Å²) in [5, 5.41) is 9.24. The number of hydrogen-bond acceptors (Lipinski definition) is 1. The fourth-order valence-corrected chi connectivity index (χ4v) is 1.52. The van der Waals surface area contributed by atoms with Crippen LogP contribution in [0.4, 0.5) is 4.39 Å². The topological polar surface area (TPSA) is 20.2 Å². The van der Waals surface area contributed by atoms with Crippen LogP contribution in [0.5, 0.6) is 0 Å². The van der Waals surface area contributed by atoms with Crippen LogP contribution in [0.1, 0.15) is 26.7 Å². The molecule has 1 nitrogen and oxygen atoms in total. The van der Waals surface area contributed by atoms with Crippen molar-refractivity contribution in [3.63, 3.8) is 0 Å². The first-order chi connectivity index (χ1) is 4.63. The summed E-state index contributed by atoms with van der Waals surface area (Å²) in [5.41, 5.74) is 0. The van der Waals surface area contributed by atoms with Crippen LogP contribution in [0, 0.1) is 11.8 Å². The summed E-state index contributed by atoms with van der Waals surface area (Å²) in [6.07, 6.45) is -0.249. The summed E-state index contributed by atoms with van der Waals surface area (Å²) in [4.78, 5) is 0. The summed E-state index contributed by atoms with van der Waals surface area (Å²) in [6, 6.07) is 0. The Morgan fingerprint density at radius 3 is 2.40 bits per heavy atom. The maximum absolute atomic E-state index is 12.8. The van der Waals surface area contributed by atoms with Crippen molar-refractivity contribution >= 4 is 0 Å². The number of hydrogen-bond donors (Lipinski definition) is 1. The fraction of sp³-hybridized carbons (Fsp3) is 1.00. The average molecular weight is 146 g/mol. The van der Waals surface area contributed by atoms with Crippen LogP contribution < -0.4 is 0 Å². The van der Waals surface area contributed by atoms with E-state index in [0.717, 1.165) is 6.42 Å². The first-order valence-corrected chi connectivity index (χ1v) is 3.95. The summed E-state index contributed by atoms with van der Waals surface area (Å²) in [7, 11) is 0. The summed E-state index contributed by atoms with van der Waals surface area (Å²) in [6.45, 7) is 3.99. The molecule has 1 aliphatic rings. The van der Waals surface area contributed by atoms with Crippen LogP contribution in [0.3, 0.4) is 0 Å². The lowest BCUT2D eigenvalue weighted by molar-refractivity contribution is -0.0180. The molecule has 1 N–H and O–H groups in total. The minimum atomic E-state index is -0.980. The highest BCUT2D eigenvalue weighted by molar-refractivity contribution is 4.82. The molecule has 1 saturated carbocycles. The van der Waals surface area contributed by atoms with Gasteiger partial charge in [0.15, 0.2) is 0 Å². The molecule has 1 rings (SSSR count). The Kier molecular flexibility index (Phi) is 2.29. The average Bonchev–Trinajstić information content (AvgIpc) is 1.93. The van der Waals surface area contributed by atoms with Gasteiger partial charge in [0.05, 0.1) is 6.10 Å². The molecule has 0 aliphatic heterocycles. The molecule has 0 bridgehead atoms. The Labute approximate surface area is 61.2 Å². The Hall–Kier alpha value is -0.110. The van der Waals surface area contributed by atoms with Crippen molar-refractivity contribution in [1.29, 1.82) is 0 Å². The number of halogens is 1. The van der Waals surface area contributed by atoms with Crippen LogP contribution >= 0.6 is 0 Å². The van der Waals surface area contributed by atoms with E-state index in [4.69, 9.17) is 0 Å². The van der Waals surface area contributed by atoms with Gasteiger partial charge in [0.2, 0.25) is 0 Å². The molecular weight excluding hydrogens is 131 g/mol. The SMILES string of the molecule is C[C@@H]1[C@@H](O)[C@@H](F)CC[C@H]1C. The lowest BCUT2D eigenvalue weighted by Crippen LogP contribution is -2.37. The molecule has 4 atom stereocenters. The monoisotopic (exact) mass is 146 g/mol. The van der Waals surface area contributed by atoms with Crippen molar-refractivity contribution in [2.75, 3.05) is 0 Å². The van der Waals surface area contributed by atoms with Gasteiger partial charge in [-0.2, -0.15) is 0 Å². The minimum absolute atomic E-state index is 0.128. The molecule has 0 heterocycles. The highest BCUT2D eigenvalue weighted by Gasteiger charge is 2.33. The smallest absolute Gasteiger partial charge is 0.126 e. The standard InChI is InChI=1S/C8H15FO/c1-5-3-4-7(9)8(10)6(5)2/h5-8,10H,3-4H2,1-2H3/t5-,6+,7+,8-/m1/s1. The zero-order valence-corrected chi connectivity index (χ0v) is 6.55. The first-order valence-electron chi connectivity index (χ1n) is 3.95. The molecule has 0 unspecified atom stereocenters. The molecule has 0 spiro atoms. The Morgan fingerprint density at radius 2 is 1.90 bits per heavy atom. The van der Waals surface area contributed by atoms with Gasteiger partial charge < -0.3 is 5.11 Å². The third-order valence-corrected chi connectivity index (χ3v) is 2.70. The van der Waals surface area contributed by atoms with Crippen LogP contribution in [-0.2, 0) is 0 Å². The summed E-state index contributed by atoms with van der Waals surface area (Å²) >= 11 is 0. The van der Waals surface area contributed by atoms with E-state index in [0.29, 0.717) is 12.3 Å². The molecule has 2 heteroatoms. The maximum atomic E-state index is 12.8. The van der Waals surface area contributed by atoms with Gasteiger partial charge in [-0.25, -0.2) is 4.39 Å². The lowest BCUT2D eigenvalue weighted by atomic mass is 9.79. The van der Waals surface area contributed by atoms with E-state index >= 15 is 0 Å². The van der Waals surface area contributed by atoms with E-state index in [9.17, 15) is 9.50 Å². The van der Waals surface area contributed by atoms with Crippen molar-refractivity contribution in [3.8, 4) is 0 Å². The summed E-state index contributed by atoms with van der Waals surface area (Å²) < 4.78 is 12.8. The van der Waals surface area contributed by atoms with Crippen LogP contribution in [0.25, 0.3) is 0 Å². The van der Waals surface area contributed by atoms with Gasteiger partial charge in [-0.15, -0.1) is 0 Å². The molecule has 0 aromatic carbocycles. The first kappa shape index (κ1) is 7.99. The Morgan fingerprint density at radius 1 is 1.30 bits per heavy atom. The molecule has 0 aromatic rings. The third-order valence-electron chi connectivity index (χ3n) is 2.70. The zero-order valence-electron chi connectivity index (χ0n) is 6.55. The maximum Gasteiger partial charge on any atom is 0.126 e. The van der Waals surface area contributed by atoms with Crippen molar-refractivity contribution in [2.24, 2.45) is 11.8 Å². The van der Waals surface area contributed by atoms with Gasteiger partial charge in [-0.3, -0.25) is 0 Å². The highest BCUT2D eigenvalue weighted by Crippen LogP contribution is 2.31. The highest BCUT2D eigenvalue weighted by atomic mass is 19.1. The van der Waals surface area contributed by atoms with Gasteiger partial charge in [0, 0.05) is 0 Å². The molecule has 0 radical (unpaired) electrons. The molecule has 0 saturated heterocycles. The van der Waals surface area contributed by atoms with Crippen molar-refractivity contribution in [2.45, 2.75) is 39.0 Å². The molecule has 10 heavy (non-hydrogen) atoms. The predicted octanol–water partition coefficient (Wildman–Crippen LogP) is 1.75. The quantitative estimate of drug-likeness (QED) is 0.552. The van der Waals surface area contributed by atoms with E-state index in [1.807, 2.05) is 6.92 Å². The minimum Gasteiger partial charge on any atom is -0.390 e. The number of aliphatic hydroxyl groups excluding tert-OH is 1. The van der Waals surface area contributed by atoms with Crippen molar-refractivity contribution in [1.82, 2.24) is 0 Å². The normalized spacial score (nSPS) is 49.2. The van der Waals surface area contributed by atoms with E-state index in [1.165, 1.54) is 0 Å². The van der Waals surface area contributed by atoms with E-state index < -0.39 is 12.3 Å². The Bertz CT molecular complexity index is 102. The predicted molar refractivity (Wildman–Crippen MR) is 38.5 cm³/mol. The van der Waals surface area contributed by atoms with Crippen molar-refractivity contribution in [3.05, 3.63) is 0 Å². The van der Waals surface area contributed by atoms with Crippen molar-refractivity contribution < 1.29 is 9.50 Å². The molecule has 60 valence electrons. The van der Waals surface area contributed by atoms with E-state index in [2.05, 4.69) is 6.92 Å². The second-order valence-electron chi connectivity index (χ2n) is 3.42. The van der Waals surface area contributed by atoms with Crippen LogP contribution in [0.15, 0.2) is 0 Å². The molecule has 1 fully saturated rings. The zero-order chi connectivity index (χ0) is 7.72.